The Bertz CT molecular complexity index is 814. The Balaban J connectivity index is 1.65. The number of rotatable bonds is 6. The monoisotopic (exact) mass is 402 g/mol. The molecule has 1 aromatic carbocycles. The van der Waals surface area contributed by atoms with Gasteiger partial charge in [-0.05, 0) is 36.4 Å². The Morgan fingerprint density at radius 1 is 1.07 bits per heavy atom. The molecule has 0 aliphatic heterocycles. The molecule has 3 rings (SSSR count). The van der Waals surface area contributed by atoms with Crippen LogP contribution in [0.4, 0.5) is 5.69 Å². The van der Waals surface area contributed by atoms with Gasteiger partial charge in [0.15, 0.2) is 0 Å². The van der Waals surface area contributed by atoms with Crippen LogP contribution in [0.5, 0.6) is 11.5 Å². The molecule has 7 heteroatoms. The van der Waals surface area contributed by atoms with Gasteiger partial charge >= 0.3 is 11.8 Å². The van der Waals surface area contributed by atoms with Gasteiger partial charge < -0.3 is 20.1 Å². The summed E-state index contributed by atoms with van der Waals surface area (Å²) >= 11 is 1.72. The number of anilines is 1. The van der Waals surface area contributed by atoms with E-state index in [-0.39, 0.29) is 5.41 Å². The zero-order valence-corrected chi connectivity index (χ0v) is 17.1. The van der Waals surface area contributed by atoms with Gasteiger partial charge in [0.1, 0.15) is 11.5 Å². The predicted octanol–water partition coefficient (Wildman–Crippen LogP) is 3.72. The third-order valence-corrected chi connectivity index (χ3v) is 6.42. The Labute approximate surface area is 169 Å². The summed E-state index contributed by atoms with van der Waals surface area (Å²) in [5, 5.41) is 7.54. The number of carbonyl (C=O) groups is 2. The Kier molecular flexibility index (Phi) is 6.57. The lowest BCUT2D eigenvalue weighted by Crippen LogP contribution is -2.45. The van der Waals surface area contributed by atoms with Gasteiger partial charge in [0.05, 0.1) is 19.9 Å². The first-order valence-electron chi connectivity index (χ1n) is 9.43. The van der Waals surface area contributed by atoms with Crippen molar-refractivity contribution in [2.45, 2.75) is 37.5 Å². The molecule has 1 fully saturated rings. The van der Waals surface area contributed by atoms with E-state index in [9.17, 15) is 9.59 Å². The molecule has 2 amide bonds. The fraction of sp³-hybridized carbons (Fsp3) is 0.429. The lowest BCUT2D eigenvalue weighted by atomic mass is 9.73. The van der Waals surface area contributed by atoms with E-state index in [1.165, 1.54) is 18.4 Å². The van der Waals surface area contributed by atoms with Gasteiger partial charge in [0, 0.05) is 22.9 Å². The fourth-order valence-electron chi connectivity index (χ4n) is 3.73. The molecule has 0 saturated heterocycles. The average molecular weight is 403 g/mol. The van der Waals surface area contributed by atoms with E-state index >= 15 is 0 Å². The van der Waals surface area contributed by atoms with Crippen LogP contribution in [-0.4, -0.2) is 32.6 Å². The van der Waals surface area contributed by atoms with Crippen molar-refractivity contribution in [3.63, 3.8) is 0 Å². The van der Waals surface area contributed by atoms with E-state index in [2.05, 4.69) is 22.1 Å². The highest BCUT2D eigenvalue weighted by Crippen LogP contribution is 2.41. The van der Waals surface area contributed by atoms with Crippen LogP contribution in [0.1, 0.15) is 37.0 Å². The molecule has 1 aliphatic rings. The molecule has 0 unspecified atom stereocenters. The van der Waals surface area contributed by atoms with Gasteiger partial charge in [0.2, 0.25) is 0 Å². The first-order chi connectivity index (χ1) is 13.6. The summed E-state index contributed by atoms with van der Waals surface area (Å²) in [7, 11) is 3.05. The van der Waals surface area contributed by atoms with E-state index in [1.54, 1.807) is 36.6 Å². The number of methoxy groups -OCH3 is 2. The number of thiophene rings is 1. The van der Waals surface area contributed by atoms with E-state index < -0.39 is 11.8 Å². The second-order valence-electron chi connectivity index (χ2n) is 7.02. The van der Waals surface area contributed by atoms with Gasteiger partial charge in [-0.25, -0.2) is 0 Å². The summed E-state index contributed by atoms with van der Waals surface area (Å²) in [6.45, 7) is 0.472. The minimum Gasteiger partial charge on any atom is -0.497 e. The molecule has 0 radical (unpaired) electrons. The highest BCUT2D eigenvalue weighted by Gasteiger charge is 2.35. The Morgan fingerprint density at radius 2 is 1.86 bits per heavy atom. The highest BCUT2D eigenvalue weighted by molar-refractivity contribution is 7.10. The predicted molar refractivity (Wildman–Crippen MR) is 110 cm³/mol. The van der Waals surface area contributed by atoms with Crippen LogP contribution in [0.2, 0.25) is 0 Å². The normalized spacial score (nSPS) is 15.5. The summed E-state index contributed by atoms with van der Waals surface area (Å²) in [5.41, 5.74) is 0.356. The average Bonchev–Trinajstić information content (AvgIpc) is 3.28. The third-order valence-electron chi connectivity index (χ3n) is 5.30. The van der Waals surface area contributed by atoms with Crippen molar-refractivity contribution in [1.82, 2.24) is 5.32 Å². The number of ether oxygens (including phenoxy) is 2. The van der Waals surface area contributed by atoms with E-state index in [4.69, 9.17) is 9.47 Å². The van der Waals surface area contributed by atoms with Crippen molar-refractivity contribution >= 4 is 28.8 Å². The fourth-order valence-corrected chi connectivity index (χ4v) is 4.72. The van der Waals surface area contributed by atoms with Gasteiger partial charge in [0.25, 0.3) is 0 Å². The van der Waals surface area contributed by atoms with Gasteiger partial charge in [-0.2, -0.15) is 0 Å². The third kappa shape index (κ3) is 4.47. The van der Waals surface area contributed by atoms with Gasteiger partial charge in [-0.15, -0.1) is 11.3 Å². The molecule has 1 saturated carbocycles. The molecule has 6 nitrogen and oxygen atoms in total. The number of carbonyl (C=O) groups excluding carboxylic acids is 2. The highest BCUT2D eigenvalue weighted by atomic mass is 32.1. The van der Waals surface area contributed by atoms with E-state index in [0.29, 0.717) is 23.7 Å². The van der Waals surface area contributed by atoms with Crippen LogP contribution in [0, 0.1) is 0 Å². The summed E-state index contributed by atoms with van der Waals surface area (Å²) in [4.78, 5) is 26.1. The molecule has 1 aliphatic carbocycles. The van der Waals surface area contributed by atoms with Crippen LogP contribution in [0.15, 0.2) is 35.7 Å². The van der Waals surface area contributed by atoms with Crippen LogP contribution < -0.4 is 20.1 Å². The molecule has 0 bridgehead atoms. The van der Waals surface area contributed by atoms with Crippen molar-refractivity contribution in [3.8, 4) is 11.5 Å². The SMILES string of the molecule is COc1ccc(NC(=O)C(=O)NCC2(c3cccs3)CCCCC2)c(OC)c1. The van der Waals surface area contributed by atoms with Crippen LogP contribution in [0.25, 0.3) is 0 Å². The molecule has 0 atom stereocenters. The maximum absolute atomic E-state index is 12.4. The van der Waals surface area contributed by atoms with Crippen LogP contribution >= 0.6 is 11.3 Å². The minimum atomic E-state index is -0.708. The number of nitrogens with one attached hydrogen (secondary N) is 2. The second-order valence-corrected chi connectivity index (χ2v) is 7.97. The van der Waals surface area contributed by atoms with Crippen LogP contribution in [-0.2, 0) is 15.0 Å². The van der Waals surface area contributed by atoms with Crippen molar-refractivity contribution in [2.24, 2.45) is 0 Å². The second kappa shape index (κ2) is 9.10. The summed E-state index contributed by atoms with van der Waals surface area (Å²) in [5.74, 6) is -0.308. The number of amides is 2. The molecular weight excluding hydrogens is 376 g/mol. The lowest BCUT2D eigenvalue weighted by Gasteiger charge is -2.36. The number of benzene rings is 1. The van der Waals surface area contributed by atoms with Crippen molar-refractivity contribution < 1.29 is 19.1 Å². The quantitative estimate of drug-likeness (QED) is 0.722. The largest absolute Gasteiger partial charge is 0.497 e. The van der Waals surface area contributed by atoms with Gasteiger partial charge in [-0.3, -0.25) is 9.59 Å². The minimum absolute atomic E-state index is 0.0693. The maximum Gasteiger partial charge on any atom is 0.313 e. The summed E-state index contributed by atoms with van der Waals surface area (Å²) < 4.78 is 10.4. The summed E-state index contributed by atoms with van der Waals surface area (Å²) in [6.07, 6.45) is 5.56. The van der Waals surface area contributed by atoms with E-state index in [0.717, 1.165) is 25.7 Å². The molecular formula is C21H26N2O4S. The number of hydrogen-bond acceptors (Lipinski definition) is 5. The number of hydrogen-bond donors (Lipinski definition) is 2. The molecule has 150 valence electrons. The standard InChI is InChI=1S/C21H26N2O4S/c1-26-15-8-9-16(17(13-15)27-2)23-20(25)19(24)22-14-21(10-4-3-5-11-21)18-7-6-12-28-18/h6-9,12-13H,3-5,10-11,14H2,1-2H3,(H,22,24)(H,23,25). The molecule has 2 aromatic rings. The first kappa shape index (κ1) is 20.2. The smallest absolute Gasteiger partial charge is 0.313 e. The molecule has 2 N–H and O–H groups in total. The van der Waals surface area contributed by atoms with Crippen molar-refractivity contribution in [2.75, 3.05) is 26.1 Å². The van der Waals surface area contributed by atoms with Crippen molar-refractivity contribution in [3.05, 3.63) is 40.6 Å². The topological polar surface area (TPSA) is 76.7 Å². The van der Waals surface area contributed by atoms with E-state index in [1.807, 2.05) is 6.07 Å². The molecule has 1 aromatic heterocycles. The molecule has 0 spiro atoms. The Hall–Kier alpha value is -2.54. The molecule has 28 heavy (non-hydrogen) atoms. The molecule has 1 heterocycles. The zero-order chi connectivity index (χ0) is 20.0. The summed E-state index contributed by atoms with van der Waals surface area (Å²) in [6, 6.07) is 9.17. The lowest BCUT2D eigenvalue weighted by molar-refractivity contribution is -0.136. The maximum atomic E-state index is 12.4. The van der Waals surface area contributed by atoms with Crippen LogP contribution in [0.3, 0.4) is 0 Å². The Morgan fingerprint density at radius 3 is 2.50 bits per heavy atom. The first-order valence-corrected chi connectivity index (χ1v) is 10.3. The zero-order valence-electron chi connectivity index (χ0n) is 16.2. The van der Waals surface area contributed by atoms with Crippen molar-refractivity contribution in [1.29, 1.82) is 0 Å². The van der Waals surface area contributed by atoms with Gasteiger partial charge in [-0.1, -0.05) is 25.3 Å².